The van der Waals surface area contributed by atoms with E-state index in [-0.39, 0.29) is 12.1 Å². The van der Waals surface area contributed by atoms with E-state index in [1.165, 1.54) is 19.3 Å². The van der Waals surface area contributed by atoms with Crippen molar-refractivity contribution in [3.63, 3.8) is 0 Å². The molecule has 4 nitrogen and oxygen atoms in total. The zero-order valence-electron chi connectivity index (χ0n) is 11.8. The van der Waals surface area contributed by atoms with Crippen molar-refractivity contribution in [1.82, 2.24) is 10.6 Å². The van der Waals surface area contributed by atoms with Crippen molar-refractivity contribution in [2.75, 3.05) is 13.1 Å². The highest BCUT2D eigenvalue weighted by Gasteiger charge is 2.39. The summed E-state index contributed by atoms with van der Waals surface area (Å²) in [5.74, 6) is 0. The fourth-order valence-electron chi connectivity index (χ4n) is 3.23. The van der Waals surface area contributed by atoms with E-state index in [9.17, 15) is 4.79 Å². The van der Waals surface area contributed by atoms with Crippen LogP contribution in [0.2, 0.25) is 0 Å². The van der Waals surface area contributed by atoms with Gasteiger partial charge < -0.3 is 15.4 Å². The van der Waals surface area contributed by atoms with Gasteiger partial charge in [0.15, 0.2) is 0 Å². The Morgan fingerprint density at radius 2 is 2.17 bits per heavy atom. The lowest BCUT2D eigenvalue weighted by molar-refractivity contribution is 0.0464. The largest absolute Gasteiger partial charge is 0.444 e. The summed E-state index contributed by atoms with van der Waals surface area (Å²) in [6.45, 7) is 7.93. The van der Waals surface area contributed by atoms with Crippen molar-refractivity contribution < 1.29 is 9.53 Å². The lowest BCUT2D eigenvalue weighted by Gasteiger charge is -2.38. The van der Waals surface area contributed by atoms with Crippen LogP contribution >= 0.6 is 0 Å². The zero-order valence-corrected chi connectivity index (χ0v) is 11.8. The minimum absolute atomic E-state index is 0.268. The molecule has 1 aliphatic carbocycles. The lowest BCUT2D eigenvalue weighted by atomic mass is 9.71. The van der Waals surface area contributed by atoms with Crippen LogP contribution in [0, 0.1) is 5.41 Å². The number of nitrogens with one attached hydrogen (secondary N) is 2. The molecular formula is C14H26N2O2. The van der Waals surface area contributed by atoms with Crippen LogP contribution in [0.15, 0.2) is 0 Å². The molecule has 1 aliphatic heterocycles. The minimum atomic E-state index is -0.411. The number of alkyl carbamates (subject to hydrolysis) is 1. The van der Waals surface area contributed by atoms with Gasteiger partial charge in [-0.3, -0.25) is 0 Å². The van der Waals surface area contributed by atoms with Gasteiger partial charge in [-0.05, 0) is 58.4 Å². The summed E-state index contributed by atoms with van der Waals surface area (Å²) in [6, 6.07) is 0.286. The SMILES string of the molecule is CC(C)(C)OC(=O)N[C@@H]1CCC[C@]2(CCNC2)C1. The second kappa shape index (κ2) is 5.08. The van der Waals surface area contributed by atoms with Crippen LogP contribution in [0.4, 0.5) is 4.79 Å². The molecule has 1 saturated carbocycles. The Labute approximate surface area is 110 Å². The van der Waals surface area contributed by atoms with Gasteiger partial charge in [0.2, 0.25) is 0 Å². The minimum Gasteiger partial charge on any atom is -0.444 e. The first kappa shape index (κ1) is 13.7. The number of ether oxygens (including phenoxy) is 1. The summed E-state index contributed by atoms with van der Waals surface area (Å²) < 4.78 is 5.33. The Hall–Kier alpha value is -0.770. The zero-order chi connectivity index (χ0) is 13.2. The molecule has 104 valence electrons. The molecule has 0 radical (unpaired) electrons. The quantitative estimate of drug-likeness (QED) is 0.755. The third-order valence-corrected chi connectivity index (χ3v) is 3.99. The molecule has 2 aliphatic rings. The Morgan fingerprint density at radius 1 is 1.39 bits per heavy atom. The first-order valence-corrected chi connectivity index (χ1v) is 7.09. The molecule has 2 N–H and O–H groups in total. The topological polar surface area (TPSA) is 50.4 Å². The molecule has 1 spiro atoms. The molecule has 2 fully saturated rings. The van der Waals surface area contributed by atoms with Gasteiger partial charge >= 0.3 is 6.09 Å². The van der Waals surface area contributed by atoms with E-state index in [1.807, 2.05) is 20.8 Å². The number of hydrogen-bond donors (Lipinski definition) is 2. The van der Waals surface area contributed by atoms with Gasteiger partial charge in [0.05, 0.1) is 0 Å². The van der Waals surface area contributed by atoms with Crippen molar-refractivity contribution in [1.29, 1.82) is 0 Å². The number of rotatable bonds is 1. The predicted octanol–water partition coefficient (Wildman–Crippen LogP) is 2.43. The molecule has 0 unspecified atom stereocenters. The molecule has 1 saturated heterocycles. The molecule has 2 atom stereocenters. The standard InChI is InChI=1S/C14H26N2O2/c1-13(2,3)18-12(17)16-11-5-4-6-14(9-11)7-8-15-10-14/h11,15H,4-10H2,1-3H3,(H,16,17)/t11-,14+/m1/s1. The Bertz CT molecular complexity index is 303. The van der Waals surface area contributed by atoms with Gasteiger partial charge in [-0.15, -0.1) is 0 Å². The summed E-state index contributed by atoms with van der Waals surface area (Å²) in [5.41, 5.74) is 0.0171. The van der Waals surface area contributed by atoms with Crippen LogP contribution in [0.3, 0.4) is 0 Å². The average Bonchev–Trinajstić information content (AvgIpc) is 2.63. The summed E-state index contributed by atoms with van der Waals surface area (Å²) in [7, 11) is 0. The average molecular weight is 254 g/mol. The van der Waals surface area contributed by atoms with E-state index >= 15 is 0 Å². The summed E-state index contributed by atoms with van der Waals surface area (Å²) in [4.78, 5) is 11.8. The molecule has 18 heavy (non-hydrogen) atoms. The number of carbonyl (C=O) groups excluding carboxylic acids is 1. The molecule has 0 aromatic carbocycles. The van der Waals surface area contributed by atoms with Crippen LogP contribution in [-0.2, 0) is 4.74 Å². The smallest absolute Gasteiger partial charge is 0.407 e. The maximum absolute atomic E-state index is 11.8. The number of carbonyl (C=O) groups is 1. The van der Waals surface area contributed by atoms with Crippen LogP contribution < -0.4 is 10.6 Å². The molecule has 0 bridgehead atoms. The number of amides is 1. The van der Waals surface area contributed by atoms with Crippen molar-refractivity contribution in [2.45, 2.75) is 64.5 Å². The van der Waals surface area contributed by atoms with E-state index in [0.29, 0.717) is 5.41 Å². The number of hydrogen-bond acceptors (Lipinski definition) is 3. The third kappa shape index (κ3) is 3.61. The van der Waals surface area contributed by atoms with Gasteiger partial charge in [-0.2, -0.15) is 0 Å². The lowest BCUT2D eigenvalue weighted by Crippen LogP contribution is -2.45. The van der Waals surface area contributed by atoms with Gasteiger partial charge in [0.25, 0.3) is 0 Å². The highest BCUT2D eigenvalue weighted by Crippen LogP contribution is 2.41. The van der Waals surface area contributed by atoms with Crippen LogP contribution in [0.5, 0.6) is 0 Å². The van der Waals surface area contributed by atoms with Gasteiger partial charge in [-0.1, -0.05) is 6.42 Å². The van der Waals surface area contributed by atoms with Gasteiger partial charge in [0.1, 0.15) is 5.60 Å². The normalized spacial score (nSPS) is 32.5. The first-order chi connectivity index (χ1) is 8.39. The fraction of sp³-hybridized carbons (Fsp3) is 0.929. The third-order valence-electron chi connectivity index (χ3n) is 3.99. The van der Waals surface area contributed by atoms with Crippen LogP contribution in [0.25, 0.3) is 0 Å². The molecule has 1 heterocycles. The monoisotopic (exact) mass is 254 g/mol. The predicted molar refractivity (Wildman–Crippen MR) is 71.5 cm³/mol. The second-order valence-corrected chi connectivity index (χ2v) is 6.87. The molecule has 1 amide bonds. The summed E-state index contributed by atoms with van der Waals surface area (Å²) in [5, 5.41) is 6.49. The first-order valence-electron chi connectivity index (χ1n) is 7.09. The van der Waals surface area contributed by atoms with Crippen molar-refractivity contribution >= 4 is 6.09 Å². The van der Waals surface area contributed by atoms with E-state index in [2.05, 4.69) is 10.6 Å². The van der Waals surface area contributed by atoms with Crippen molar-refractivity contribution in [2.24, 2.45) is 5.41 Å². The van der Waals surface area contributed by atoms with E-state index < -0.39 is 5.60 Å². The van der Waals surface area contributed by atoms with Crippen LogP contribution in [-0.4, -0.2) is 30.8 Å². The fourth-order valence-corrected chi connectivity index (χ4v) is 3.23. The highest BCUT2D eigenvalue weighted by atomic mass is 16.6. The molecular weight excluding hydrogens is 228 g/mol. The van der Waals surface area contributed by atoms with Crippen LogP contribution in [0.1, 0.15) is 52.9 Å². The van der Waals surface area contributed by atoms with Crippen molar-refractivity contribution in [3.8, 4) is 0 Å². The Balaban J connectivity index is 1.84. The maximum atomic E-state index is 11.8. The van der Waals surface area contributed by atoms with E-state index in [4.69, 9.17) is 4.74 Å². The molecule has 2 rings (SSSR count). The van der Waals surface area contributed by atoms with E-state index in [0.717, 1.165) is 25.9 Å². The molecule has 0 aromatic rings. The van der Waals surface area contributed by atoms with E-state index in [1.54, 1.807) is 0 Å². The van der Waals surface area contributed by atoms with Gasteiger partial charge in [0, 0.05) is 12.6 Å². The second-order valence-electron chi connectivity index (χ2n) is 6.87. The Morgan fingerprint density at radius 3 is 2.78 bits per heavy atom. The highest BCUT2D eigenvalue weighted by molar-refractivity contribution is 5.68. The summed E-state index contributed by atoms with van der Waals surface area (Å²) >= 11 is 0. The Kier molecular flexibility index (Phi) is 3.85. The van der Waals surface area contributed by atoms with Gasteiger partial charge in [-0.25, -0.2) is 4.79 Å². The molecule has 4 heteroatoms. The maximum Gasteiger partial charge on any atom is 0.407 e. The molecule has 0 aromatic heterocycles. The van der Waals surface area contributed by atoms with Crippen molar-refractivity contribution in [3.05, 3.63) is 0 Å². The summed E-state index contributed by atoms with van der Waals surface area (Å²) in [6.07, 6.45) is 5.67.